The summed E-state index contributed by atoms with van der Waals surface area (Å²) >= 11 is 0. The van der Waals surface area contributed by atoms with E-state index in [0.29, 0.717) is 16.0 Å². The summed E-state index contributed by atoms with van der Waals surface area (Å²) in [4.78, 5) is 2.51. The van der Waals surface area contributed by atoms with Gasteiger partial charge in [0.2, 0.25) is 0 Å². The van der Waals surface area contributed by atoms with Crippen molar-refractivity contribution in [2.75, 3.05) is 13.6 Å². The molecular weight excluding hydrogens is 162 g/mol. The summed E-state index contributed by atoms with van der Waals surface area (Å²) in [6.07, 6.45) is 0. The van der Waals surface area contributed by atoms with Crippen LogP contribution in [0.2, 0.25) is 5.04 Å². The zero-order valence-electron chi connectivity index (χ0n) is 9.65. The van der Waals surface area contributed by atoms with Crippen molar-refractivity contribution in [1.29, 1.82) is 0 Å². The third-order valence-electron chi connectivity index (χ3n) is 4.81. The SMILES string of the molecule is CN1CC(C)([SiH3])C(C)(C)C1(C)C. The first-order chi connectivity index (χ1) is 5.13. The molecule has 0 bridgehead atoms. The second-order valence-electron chi connectivity index (χ2n) is 5.92. The van der Waals surface area contributed by atoms with Gasteiger partial charge >= 0.3 is 0 Å². The van der Waals surface area contributed by atoms with Crippen molar-refractivity contribution < 1.29 is 0 Å². The summed E-state index contributed by atoms with van der Waals surface area (Å²) in [6.45, 7) is 13.3. The predicted octanol–water partition coefficient (Wildman–Crippen LogP) is 1.28. The van der Waals surface area contributed by atoms with E-state index < -0.39 is 0 Å². The van der Waals surface area contributed by atoms with Crippen molar-refractivity contribution in [2.45, 2.75) is 45.2 Å². The average molecular weight is 185 g/mol. The fourth-order valence-electron chi connectivity index (χ4n) is 2.29. The van der Waals surface area contributed by atoms with E-state index in [1.54, 1.807) is 0 Å². The highest BCUT2D eigenvalue weighted by Crippen LogP contribution is 2.57. The van der Waals surface area contributed by atoms with Gasteiger partial charge in [-0.05, 0) is 31.3 Å². The number of likely N-dealkylation sites (tertiary alicyclic amines) is 1. The monoisotopic (exact) mass is 185 g/mol. The van der Waals surface area contributed by atoms with Crippen LogP contribution in [0.3, 0.4) is 0 Å². The topological polar surface area (TPSA) is 3.24 Å². The van der Waals surface area contributed by atoms with Crippen LogP contribution in [-0.2, 0) is 0 Å². The summed E-state index contributed by atoms with van der Waals surface area (Å²) in [5, 5.41) is 0.561. The first kappa shape index (κ1) is 10.3. The van der Waals surface area contributed by atoms with Gasteiger partial charge in [0.05, 0.1) is 0 Å². The van der Waals surface area contributed by atoms with Crippen LogP contribution in [0.25, 0.3) is 0 Å². The number of hydrogen-bond acceptors (Lipinski definition) is 1. The minimum absolute atomic E-state index is 0.351. The molecule has 1 fully saturated rings. The average Bonchev–Trinajstić information content (AvgIpc) is 1.92. The fraction of sp³-hybridized carbons (Fsp3) is 1.00. The lowest BCUT2D eigenvalue weighted by Crippen LogP contribution is -2.46. The summed E-state index contributed by atoms with van der Waals surface area (Å²) in [5.41, 5.74) is 0.796. The van der Waals surface area contributed by atoms with Gasteiger partial charge in [-0.25, -0.2) is 0 Å². The van der Waals surface area contributed by atoms with Gasteiger partial charge in [0.1, 0.15) is 0 Å². The first-order valence-corrected chi connectivity index (χ1v) is 5.84. The summed E-state index contributed by atoms with van der Waals surface area (Å²) in [7, 11) is 3.54. The molecule has 1 heterocycles. The van der Waals surface area contributed by atoms with Crippen LogP contribution in [0, 0.1) is 5.41 Å². The molecule has 0 saturated carbocycles. The molecular formula is C10H23NSi. The van der Waals surface area contributed by atoms with E-state index in [1.807, 2.05) is 0 Å². The van der Waals surface area contributed by atoms with Gasteiger partial charge in [-0.3, -0.25) is 0 Å². The molecule has 0 aromatic heterocycles. The third-order valence-corrected chi connectivity index (χ3v) is 6.37. The molecule has 0 aromatic rings. The largest absolute Gasteiger partial charge is 0.300 e. The van der Waals surface area contributed by atoms with E-state index in [0.717, 1.165) is 0 Å². The van der Waals surface area contributed by atoms with Crippen LogP contribution in [0.4, 0.5) is 0 Å². The normalized spacial score (nSPS) is 40.5. The molecule has 0 spiro atoms. The molecule has 72 valence electrons. The highest BCUT2D eigenvalue weighted by atomic mass is 28.1. The maximum Gasteiger partial charge on any atom is 0.0203 e. The lowest BCUT2D eigenvalue weighted by atomic mass is 9.69. The van der Waals surface area contributed by atoms with E-state index in [1.165, 1.54) is 16.8 Å². The molecule has 12 heavy (non-hydrogen) atoms. The molecule has 0 N–H and O–H groups in total. The molecule has 0 amide bonds. The fourth-order valence-corrected chi connectivity index (χ4v) is 3.38. The highest BCUT2D eigenvalue weighted by molar-refractivity contribution is 6.16. The molecule has 1 aliphatic heterocycles. The van der Waals surface area contributed by atoms with Crippen LogP contribution >= 0.6 is 0 Å². The van der Waals surface area contributed by atoms with Crippen molar-refractivity contribution in [3.63, 3.8) is 0 Å². The molecule has 1 rings (SSSR count). The van der Waals surface area contributed by atoms with Gasteiger partial charge < -0.3 is 4.90 Å². The van der Waals surface area contributed by atoms with Gasteiger partial charge in [-0.15, -0.1) is 0 Å². The Labute approximate surface area is 79.9 Å². The number of rotatable bonds is 0. The maximum absolute atomic E-state index is 2.51. The van der Waals surface area contributed by atoms with E-state index in [2.05, 4.69) is 46.6 Å². The van der Waals surface area contributed by atoms with Crippen LogP contribution in [0.5, 0.6) is 0 Å². The molecule has 2 heteroatoms. The lowest BCUT2D eigenvalue weighted by Gasteiger charge is -2.44. The van der Waals surface area contributed by atoms with Crippen molar-refractivity contribution in [3.05, 3.63) is 0 Å². The number of hydrogen-bond donors (Lipinski definition) is 0. The Morgan fingerprint density at radius 1 is 1.08 bits per heavy atom. The van der Waals surface area contributed by atoms with E-state index in [9.17, 15) is 0 Å². The third kappa shape index (κ3) is 1.01. The van der Waals surface area contributed by atoms with Crippen molar-refractivity contribution >= 4 is 10.2 Å². The van der Waals surface area contributed by atoms with Crippen LogP contribution < -0.4 is 0 Å². The molecule has 1 saturated heterocycles. The second kappa shape index (κ2) is 2.35. The first-order valence-electron chi connectivity index (χ1n) is 4.84. The van der Waals surface area contributed by atoms with E-state index in [-0.39, 0.29) is 0 Å². The summed E-state index contributed by atoms with van der Waals surface area (Å²) in [5.74, 6) is 0. The Hall–Kier alpha value is 0.177. The summed E-state index contributed by atoms with van der Waals surface area (Å²) < 4.78 is 0. The van der Waals surface area contributed by atoms with Crippen molar-refractivity contribution in [3.8, 4) is 0 Å². The Morgan fingerprint density at radius 3 is 1.58 bits per heavy atom. The van der Waals surface area contributed by atoms with Crippen LogP contribution in [-0.4, -0.2) is 34.3 Å². The van der Waals surface area contributed by atoms with E-state index in [4.69, 9.17) is 0 Å². The van der Waals surface area contributed by atoms with Gasteiger partial charge in [-0.2, -0.15) is 0 Å². The van der Waals surface area contributed by atoms with Crippen LogP contribution in [0.15, 0.2) is 0 Å². The molecule has 1 unspecified atom stereocenters. The summed E-state index contributed by atoms with van der Waals surface area (Å²) in [6, 6.07) is 0. The molecule has 0 radical (unpaired) electrons. The zero-order chi connectivity index (χ0) is 9.78. The van der Waals surface area contributed by atoms with Crippen molar-refractivity contribution in [2.24, 2.45) is 5.41 Å². The lowest BCUT2D eigenvalue weighted by molar-refractivity contribution is 0.106. The van der Waals surface area contributed by atoms with Crippen molar-refractivity contribution in [1.82, 2.24) is 4.90 Å². The van der Waals surface area contributed by atoms with Gasteiger partial charge in [-0.1, -0.05) is 20.8 Å². The van der Waals surface area contributed by atoms with Crippen LogP contribution in [0.1, 0.15) is 34.6 Å². The minimum atomic E-state index is 0.351. The zero-order valence-corrected chi connectivity index (χ0v) is 11.7. The molecule has 1 nitrogen and oxygen atoms in total. The second-order valence-corrected chi connectivity index (χ2v) is 8.13. The van der Waals surface area contributed by atoms with Gasteiger partial charge in [0.15, 0.2) is 0 Å². The Balaban J connectivity index is 3.10. The van der Waals surface area contributed by atoms with Gasteiger partial charge in [0, 0.05) is 22.3 Å². The van der Waals surface area contributed by atoms with Gasteiger partial charge in [0.25, 0.3) is 0 Å². The molecule has 1 atom stereocenters. The predicted molar refractivity (Wildman–Crippen MR) is 58.8 cm³/mol. The molecule has 0 aliphatic carbocycles. The Bertz CT molecular complexity index is 194. The Kier molecular flexibility index (Phi) is 2.01. The maximum atomic E-state index is 2.51. The highest BCUT2D eigenvalue weighted by Gasteiger charge is 2.56. The smallest absolute Gasteiger partial charge is 0.0203 e. The standard InChI is InChI=1S/C10H23NSi/c1-8(2)9(3,4)11(6)7-10(8,5)12/h7H2,1-6,12H3. The minimum Gasteiger partial charge on any atom is -0.300 e. The number of nitrogens with zero attached hydrogens (tertiary/aromatic N) is 1. The Morgan fingerprint density at radius 2 is 1.50 bits per heavy atom. The quantitative estimate of drug-likeness (QED) is 0.514. The molecule has 0 aromatic carbocycles. The van der Waals surface area contributed by atoms with E-state index >= 15 is 0 Å². The molecule has 1 aliphatic rings.